The van der Waals surface area contributed by atoms with Crippen LogP contribution in [0.1, 0.15) is 24.8 Å². The highest BCUT2D eigenvalue weighted by atomic mass is 35.5. The number of carbonyl (C=O) groups excluding carboxylic acids is 1. The molecule has 0 aliphatic heterocycles. The summed E-state index contributed by atoms with van der Waals surface area (Å²) in [5.74, 6) is -0.434. The minimum Gasteiger partial charge on any atom is -0.460 e. The number of allylic oxidation sites excluding steroid dienone is 1. The molecule has 0 saturated carbocycles. The van der Waals surface area contributed by atoms with Crippen molar-refractivity contribution in [3.05, 3.63) is 39.4 Å². The van der Waals surface area contributed by atoms with Crippen LogP contribution < -0.4 is 0 Å². The number of hydrogen-bond acceptors (Lipinski definition) is 2. The molecule has 0 radical (unpaired) electrons. The number of carbonyl (C=O) groups is 1. The highest BCUT2D eigenvalue weighted by molar-refractivity contribution is 6.42. The largest absolute Gasteiger partial charge is 0.460 e. The van der Waals surface area contributed by atoms with Crippen molar-refractivity contribution in [3.8, 4) is 0 Å². The first-order valence-electron chi connectivity index (χ1n) is 6.04. The summed E-state index contributed by atoms with van der Waals surface area (Å²) in [7, 11) is 0. The van der Waals surface area contributed by atoms with Gasteiger partial charge in [-0.05, 0) is 42.5 Å². The highest BCUT2D eigenvalue weighted by Crippen LogP contribution is 2.36. The molecule has 1 aliphatic rings. The van der Waals surface area contributed by atoms with Gasteiger partial charge in [0.2, 0.25) is 0 Å². The standard InChI is InChI=1S/C14H13Cl2FO2/c15-12-5-4-9(8-13(12)16)10-2-1-3-11(10)14(18)19-7-6-17/h4-5,8H,1-3,6-7H2. The molecule has 0 N–H and O–H groups in total. The zero-order chi connectivity index (χ0) is 13.8. The number of rotatable bonds is 4. The fraction of sp³-hybridized carbons (Fsp3) is 0.357. The lowest BCUT2D eigenvalue weighted by Crippen LogP contribution is -2.09. The van der Waals surface area contributed by atoms with E-state index in [1.165, 1.54) is 0 Å². The number of ether oxygens (including phenoxy) is 1. The third kappa shape index (κ3) is 3.28. The minimum atomic E-state index is -0.666. The molecule has 1 aliphatic carbocycles. The van der Waals surface area contributed by atoms with Gasteiger partial charge in [0.25, 0.3) is 0 Å². The second kappa shape index (κ2) is 6.40. The first-order valence-corrected chi connectivity index (χ1v) is 6.79. The maximum Gasteiger partial charge on any atom is 0.334 e. The summed E-state index contributed by atoms with van der Waals surface area (Å²) in [5.41, 5.74) is 2.41. The molecule has 0 atom stereocenters. The van der Waals surface area contributed by atoms with Gasteiger partial charge in [0, 0.05) is 5.57 Å². The van der Waals surface area contributed by atoms with Crippen LogP contribution in [0.5, 0.6) is 0 Å². The van der Waals surface area contributed by atoms with Crippen molar-refractivity contribution in [2.75, 3.05) is 13.3 Å². The highest BCUT2D eigenvalue weighted by Gasteiger charge is 2.23. The fourth-order valence-corrected chi connectivity index (χ4v) is 2.49. The van der Waals surface area contributed by atoms with Gasteiger partial charge >= 0.3 is 5.97 Å². The Labute approximate surface area is 121 Å². The number of benzene rings is 1. The lowest BCUT2D eigenvalue weighted by molar-refractivity contribution is -0.139. The van der Waals surface area contributed by atoms with E-state index in [4.69, 9.17) is 27.9 Å². The predicted octanol–water partition coefficient (Wildman–Crippen LogP) is 4.44. The van der Waals surface area contributed by atoms with Crippen LogP contribution in [0.2, 0.25) is 10.0 Å². The summed E-state index contributed by atoms with van der Waals surface area (Å²) < 4.78 is 16.9. The molecule has 0 unspecified atom stereocenters. The molecule has 2 nitrogen and oxygen atoms in total. The average Bonchev–Trinajstić information content (AvgIpc) is 2.88. The second-order valence-electron chi connectivity index (χ2n) is 4.26. The summed E-state index contributed by atoms with van der Waals surface area (Å²) in [6.45, 7) is -0.863. The Morgan fingerprint density at radius 2 is 2.05 bits per heavy atom. The monoisotopic (exact) mass is 302 g/mol. The van der Waals surface area contributed by atoms with Crippen LogP contribution in [0.3, 0.4) is 0 Å². The molecular weight excluding hydrogens is 290 g/mol. The van der Waals surface area contributed by atoms with Gasteiger partial charge in [-0.1, -0.05) is 29.3 Å². The molecule has 102 valence electrons. The summed E-state index contributed by atoms with van der Waals surface area (Å²) >= 11 is 11.9. The molecule has 0 amide bonds. The normalized spacial score (nSPS) is 14.9. The van der Waals surface area contributed by atoms with Crippen molar-refractivity contribution in [2.24, 2.45) is 0 Å². The SMILES string of the molecule is O=C(OCCF)C1=C(c2ccc(Cl)c(Cl)c2)CCC1. The Morgan fingerprint density at radius 1 is 1.26 bits per heavy atom. The Balaban J connectivity index is 2.29. The predicted molar refractivity (Wildman–Crippen MR) is 74.2 cm³/mol. The fourth-order valence-electron chi connectivity index (χ4n) is 2.19. The van der Waals surface area contributed by atoms with Gasteiger partial charge in [0.1, 0.15) is 13.3 Å². The van der Waals surface area contributed by atoms with E-state index in [-0.39, 0.29) is 6.61 Å². The van der Waals surface area contributed by atoms with E-state index >= 15 is 0 Å². The summed E-state index contributed by atoms with van der Waals surface area (Å²) in [4.78, 5) is 11.8. The third-order valence-corrected chi connectivity index (χ3v) is 3.78. The van der Waals surface area contributed by atoms with Crippen LogP contribution >= 0.6 is 23.2 Å². The second-order valence-corrected chi connectivity index (χ2v) is 5.08. The summed E-state index contributed by atoms with van der Waals surface area (Å²) in [5, 5.41) is 0.931. The lowest BCUT2D eigenvalue weighted by atomic mass is 10.0. The number of alkyl halides is 1. The van der Waals surface area contributed by atoms with Crippen LogP contribution in [0.25, 0.3) is 5.57 Å². The van der Waals surface area contributed by atoms with Crippen LogP contribution in [0.15, 0.2) is 23.8 Å². The smallest absolute Gasteiger partial charge is 0.334 e. The molecule has 0 aromatic heterocycles. The lowest BCUT2D eigenvalue weighted by Gasteiger charge is -2.08. The Morgan fingerprint density at radius 3 is 2.74 bits per heavy atom. The van der Waals surface area contributed by atoms with Gasteiger partial charge in [-0.3, -0.25) is 0 Å². The van der Waals surface area contributed by atoms with Gasteiger partial charge in [-0.2, -0.15) is 0 Å². The first-order chi connectivity index (χ1) is 9.13. The van der Waals surface area contributed by atoms with Crippen molar-refractivity contribution in [2.45, 2.75) is 19.3 Å². The van der Waals surface area contributed by atoms with E-state index in [0.29, 0.717) is 22.0 Å². The van der Waals surface area contributed by atoms with Crippen LogP contribution in [0.4, 0.5) is 4.39 Å². The number of hydrogen-bond donors (Lipinski definition) is 0. The van der Waals surface area contributed by atoms with Gasteiger partial charge < -0.3 is 4.74 Å². The van der Waals surface area contributed by atoms with E-state index < -0.39 is 12.6 Å². The molecule has 0 fully saturated rings. The third-order valence-electron chi connectivity index (χ3n) is 3.04. The zero-order valence-electron chi connectivity index (χ0n) is 10.2. The van der Waals surface area contributed by atoms with Crippen LogP contribution in [-0.4, -0.2) is 19.3 Å². The molecular formula is C14H13Cl2FO2. The quantitative estimate of drug-likeness (QED) is 0.768. The van der Waals surface area contributed by atoms with Crippen molar-refractivity contribution < 1.29 is 13.9 Å². The molecule has 1 aromatic carbocycles. The van der Waals surface area contributed by atoms with Gasteiger partial charge in [-0.25, -0.2) is 9.18 Å². The summed E-state index contributed by atoms with van der Waals surface area (Å²) in [6, 6.07) is 5.28. The molecule has 2 rings (SSSR count). The van der Waals surface area contributed by atoms with E-state index in [2.05, 4.69) is 0 Å². The van der Waals surface area contributed by atoms with Crippen molar-refractivity contribution in [1.82, 2.24) is 0 Å². The van der Waals surface area contributed by atoms with Crippen LogP contribution in [0, 0.1) is 0 Å². The van der Waals surface area contributed by atoms with Crippen molar-refractivity contribution >= 4 is 34.7 Å². The van der Waals surface area contributed by atoms with Crippen LogP contribution in [-0.2, 0) is 9.53 Å². The maximum atomic E-state index is 12.0. The number of esters is 1. The van der Waals surface area contributed by atoms with E-state index in [1.54, 1.807) is 12.1 Å². The molecule has 0 saturated heterocycles. The summed E-state index contributed by atoms with van der Waals surface area (Å²) in [6.07, 6.45) is 2.33. The Hall–Kier alpha value is -1.06. The van der Waals surface area contributed by atoms with Gasteiger partial charge in [-0.15, -0.1) is 0 Å². The Kier molecular flexibility index (Phi) is 4.83. The molecule has 0 heterocycles. The molecule has 0 bridgehead atoms. The van der Waals surface area contributed by atoms with Crippen molar-refractivity contribution in [1.29, 1.82) is 0 Å². The first kappa shape index (κ1) is 14.4. The molecule has 19 heavy (non-hydrogen) atoms. The Bertz CT molecular complexity index is 526. The molecule has 5 heteroatoms. The maximum absolute atomic E-state index is 12.0. The van der Waals surface area contributed by atoms with E-state index in [0.717, 1.165) is 24.0 Å². The average molecular weight is 303 g/mol. The van der Waals surface area contributed by atoms with Gasteiger partial charge in [0.15, 0.2) is 0 Å². The molecule has 0 spiro atoms. The van der Waals surface area contributed by atoms with E-state index in [1.807, 2.05) is 6.07 Å². The van der Waals surface area contributed by atoms with E-state index in [9.17, 15) is 9.18 Å². The minimum absolute atomic E-state index is 0.197. The van der Waals surface area contributed by atoms with Crippen molar-refractivity contribution in [3.63, 3.8) is 0 Å². The topological polar surface area (TPSA) is 26.3 Å². The zero-order valence-corrected chi connectivity index (χ0v) is 11.7. The molecule has 1 aromatic rings. The number of halogens is 3. The van der Waals surface area contributed by atoms with Gasteiger partial charge in [0.05, 0.1) is 10.0 Å².